The maximum Gasteiger partial charge on any atom is 2.00 e. The fourth-order valence-corrected chi connectivity index (χ4v) is 5.22. The molecule has 0 atom stereocenters. The van der Waals surface area contributed by atoms with Crippen molar-refractivity contribution < 1.29 is 59.1 Å². The summed E-state index contributed by atoms with van der Waals surface area (Å²) >= 11 is 0. The summed E-state index contributed by atoms with van der Waals surface area (Å²) in [5, 5.41) is 1.74. The van der Waals surface area contributed by atoms with Crippen LogP contribution in [0.1, 0.15) is 0 Å². The normalized spacial score (nSPS) is 10.7. The van der Waals surface area contributed by atoms with E-state index < -0.39 is 11.9 Å². The number of aromatic nitrogens is 5. The fraction of sp³-hybridized carbons (Fsp3) is 0. The molecule has 0 bridgehead atoms. The van der Waals surface area contributed by atoms with Gasteiger partial charge in [0.15, 0.2) is 0 Å². The molecule has 8 rings (SSSR count). The molecule has 4 aromatic heterocycles. The standard InChI is InChI=1S/C38H19F2N5O2.2Pd/c39-36-12-3-10-32(43-36)24-6-1-8-26(20-24)46-28-14-16-30-31-17-15-29(23-35(31)45(34(30)22-28)38-41-18-5-19-42-38)47-27-9-2-7-25(21-27)33-11-4-13-37(40)44-33;;/h1-19H;;/q-4;2*+2. The van der Waals surface area contributed by atoms with Gasteiger partial charge in [-0.3, -0.25) is 9.97 Å². The molecule has 0 aliphatic carbocycles. The van der Waals surface area contributed by atoms with Crippen molar-refractivity contribution in [2.75, 3.05) is 0 Å². The third kappa shape index (κ3) is 7.03. The maximum atomic E-state index is 13.7. The number of benzene rings is 4. The Morgan fingerprint density at radius 2 is 0.939 bits per heavy atom. The van der Waals surface area contributed by atoms with Crippen molar-refractivity contribution in [1.82, 2.24) is 24.5 Å². The number of nitrogens with zero attached hydrogens (tertiary/aromatic N) is 5. The topological polar surface area (TPSA) is 75.0 Å². The summed E-state index contributed by atoms with van der Waals surface area (Å²) in [4.78, 5) is 16.9. The van der Waals surface area contributed by atoms with E-state index in [2.05, 4.69) is 44.2 Å². The van der Waals surface area contributed by atoms with E-state index in [0.29, 0.717) is 62.5 Å². The Kier molecular flexibility index (Phi) is 10.0. The van der Waals surface area contributed by atoms with Crippen LogP contribution in [0, 0.1) is 36.2 Å². The Hall–Kier alpha value is -5.16. The summed E-state index contributed by atoms with van der Waals surface area (Å²) in [6.07, 6.45) is 3.31. The molecule has 0 aliphatic rings. The second kappa shape index (κ2) is 14.5. The average molecular weight is 828 g/mol. The molecule has 7 nitrogen and oxygen atoms in total. The van der Waals surface area contributed by atoms with Crippen molar-refractivity contribution in [1.29, 1.82) is 0 Å². The molecular weight excluding hydrogens is 809 g/mol. The van der Waals surface area contributed by atoms with Crippen molar-refractivity contribution in [3.8, 4) is 51.5 Å². The van der Waals surface area contributed by atoms with E-state index in [9.17, 15) is 8.78 Å². The van der Waals surface area contributed by atoms with Gasteiger partial charge in [-0.25, -0.2) is 9.97 Å². The molecule has 4 heterocycles. The third-order valence-corrected chi connectivity index (χ3v) is 7.24. The van der Waals surface area contributed by atoms with Crippen LogP contribution in [0.5, 0.6) is 23.0 Å². The minimum absolute atomic E-state index is 0. The van der Waals surface area contributed by atoms with Gasteiger partial charge in [0.2, 0.25) is 17.8 Å². The van der Waals surface area contributed by atoms with Gasteiger partial charge in [-0.1, -0.05) is 47.4 Å². The predicted molar refractivity (Wildman–Crippen MR) is 171 cm³/mol. The van der Waals surface area contributed by atoms with Gasteiger partial charge in [0.25, 0.3) is 0 Å². The summed E-state index contributed by atoms with van der Waals surface area (Å²) in [5.74, 6) is 0.934. The zero-order valence-electron chi connectivity index (χ0n) is 24.9. The third-order valence-electron chi connectivity index (χ3n) is 7.24. The summed E-state index contributed by atoms with van der Waals surface area (Å²) in [5.41, 5.74) is 3.38. The summed E-state index contributed by atoms with van der Waals surface area (Å²) in [6.45, 7) is 0. The number of ether oxygens (including phenoxy) is 2. The van der Waals surface area contributed by atoms with Crippen molar-refractivity contribution in [2.45, 2.75) is 0 Å². The van der Waals surface area contributed by atoms with Crippen LogP contribution in [0.25, 0.3) is 50.3 Å². The van der Waals surface area contributed by atoms with Crippen molar-refractivity contribution >= 4 is 21.8 Å². The molecular formula is C38H19F2N5O2Pd2. The first-order valence-electron chi connectivity index (χ1n) is 14.4. The Morgan fingerprint density at radius 3 is 1.41 bits per heavy atom. The van der Waals surface area contributed by atoms with Gasteiger partial charge >= 0.3 is 40.8 Å². The molecule has 0 amide bonds. The Bertz CT molecular complexity index is 2280. The number of pyridine rings is 2. The quantitative estimate of drug-likeness (QED) is 0.0910. The van der Waals surface area contributed by atoms with Gasteiger partial charge in [-0.15, -0.1) is 71.8 Å². The minimum atomic E-state index is -0.574. The summed E-state index contributed by atoms with van der Waals surface area (Å²) in [7, 11) is 0. The molecule has 49 heavy (non-hydrogen) atoms. The van der Waals surface area contributed by atoms with Crippen molar-refractivity contribution in [3.63, 3.8) is 0 Å². The van der Waals surface area contributed by atoms with Crippen molar-refractivity contribution in [3.05, 3.63) is 152 Å². The molecule has 0 N–H and O–H groups in total. The SMILES string of the molecule is Fc1cccc(-c2[c-]c(Oc3[c-]c4c(cc3)c3ccc(Oc5[c-]c(-c6cccc(F)n6)ccc5)[c-]c3n4-c3ncccn3)ccc2)n1.[Pd+2].[Pd+2]. The maximum absolute atomic E-state index is 13.7. The van der Waals surface area contributed by atoms with Crippen LogP contribution >= 0.6 is 0 Å². The van der Waals surface area contributed by atoms with E-state index in [0.717, 1.165) is 10.8 Å². The van der Waals surface area contributed by atoms with Gasteiger partial charge in [0.1, 0.15) is 0 Å². The van der Waals surface area contributed by atoms with E-state index in [1.807, 2.05) is 28.8 Å². The second-order valence-electron chi connectivity index (χ2n) is 10.3. The first-order valence-corrected chi connectivity index (χ1v) is 14.4. The molecule has 4 aromatic carbocycles. The zero-order chi connectivity index (χ0) is 31.7. The van der Waals surface area contributed by atoms with E-state index >= 15 is 0 Å². The van der Waals surface area contributed by atoms with E-state index in [1.54, 1.807) is 79.1 Å². The number of halogens is 2. The van der Waals surface area contributed by atoms with Gasteiger partial charge in [0, 0.05) is 35.4 Å². The monoisotopic (exact) mass is 827 g/mol. The molecule has 0 radical (unpaired) electrons. The molecule has 242 valence electrons. The Morgan fingerprint density at radius 1 is 0.490 bits per heavy atom. The Balaban J connectivity index is 0.00000208. The van der Waals surface area contributed by atoms with Crippen LogP contribution in [-0.4, -0.2) is 24.5 Å². The predicted octanol–water partition coefficient (Wildman–Crippen LogP) is 8.76. The summed E-state index contributed by atoms with van der Waals surface area (Å²) < 4.78 is 41.7. The molecule has 0 fully saturated rings. The molecule has 0 saturated carbocycles. The van der Waals surface area contributed by atoms with Crippen LogP contribution in [0.3, 0.4) is 0 Å². The summed E-state index contributed by atoms with van der Waals surface area (Å²) in [6, 6.07) is 42.1. The molecule has 0 saturated heterocycles. The van der Waals surface area contributed by atoms with E-state index in [1.165, 1.54) is 12.1 Å². The number of hydrogen-bond acceptors (Lipinski definition) is 6. The van der Waals surface area contributed by atoms with Gasteiger partial charge in [0.05, 0.1) is 0 Å². The average Bonchev–Trinajstić information content (AvgIpc) is 3.41. The molecule has 8 aromatic rings. The largest absolute Gasteiger partial charge is 2.00 e. The van der Waals surface area contributed by atoms with E-state index in [4.69, 9.17) is 9.47 Å². The van der Waals surface area contributed by atoms with Crippen LogP contribution in [0.4, 0.5) is 8.78 Å². The van der Waals surface area contributed by atoms with E-state index in [-0.39, 0.29) is 40.8 Å². The Labute approximate surface area is 306 Å². The molecule has 0 unspecified atom stereocenters. The van der Waals surface area contributed by atoms with Gasteiger partial charge in [-0.2, -0.15) is 31.7 Å². The van der Waals surface area contributed by atoms with Crippen LogP contribution in [0.15, 0.2) is 116 Å². The number of hydrogen-bond donors (Lipinski definition) is 0. The van der Waals surface area contributed by atoms with Crippen molar-refractivity contribution in [2.24, 2.45) is 0 Å². The smallest absolute Gasteiger partial charge is 0.503 e. The van der Waals surface area contributed by atoms with Crippen LogP contribution in [-0.2, 0) is 40.8 Å². The number of fused-ring (bicyclic) bond motifs is 3. The minimum Gasteiger partial charge on any atom is -0.503 e. The second-order valence-corrected chi connectivity index (χ2v) is 10.3. The molecule has 0 aliphatic heterocycles. The van der Waals surface area contributed by atoms with Crippen LogP contribution < -0.4 is 9.47 Å². The number of rotatable bonds is 7. The first-order chi connectivity index (χ1) is 23.1. The van der Waals surface area contributed by atoms with Crippen LogP contribution in [0.2, 0.25) is 0 Å². The molecule has 0 spiro atoms. The zero-order valence-corrected chi connectivity index (χ0v) is 28.0. The van der Waals surface area contributed by atoms with Gasteiger partial charge < -0.3 is 14.0 Å². The fourth-order valence-electron chi connectivity index (χ4n) is 5.22. The first kappa shape index (κ1) is 33.7. The molecule has 11 heteroatoms. The van der Waals surface area contributed by atoms with Gasteiger partial charge in [-0.05, 0) is 29.6 Å².